The maximum Gasteiger partial charge on any atom is 0.209 e. The van der Waals surface area contributed by atoms with E-state index in [0.29, 0.717) is 11.1 Å². The number of carbonyl (C=O) groups is 2. The van der Waals surface area contributed by atoms with Crippen molar-refractivity contribution >= 4 is 21.6 Å². The van der Waals surface area contributed by atoms with Gasteiger partial charge in [0.1, 0.15) is 5.78 Å². The van der Waals surface area contributed by atoms with Gasteiger partial charge in [0.05, 0.1) is 12.7 Å². The normalized spacial score (nSPS) is 16.5. The molecule has 0 saturated heterocycles. The summed E-state index contributed by atoms with van der Waals surface area (Å²) in [6.45, 7) is 1.68. The molecule has 5 nitrogen and oxygen atoms in total. The van der Waals surface area contributed by atoms with Crippen molar-refractivity contribution in [3.63, 3.8) is 0 Å². The van der Waals surface area contributed by atoms with Crippen molar-refractivity contribution in [3.8, 4) is 0 Å². The van der Waals surface area contributed by atoms with Crippen LogP contribution in [0.25, 0.3) is 0 Å². The molecular formula is C15H19NO4S. The molecule has 1 unspecified atom stereocenters. The largest absolute Gasteiger partial charge is 0.299 e. The zero-order valence-corrected chi connectivity index (χ0v) is 12.9. The van der Waals surface area contributed by atoms with Crippen molar-refractivity contribution in [1.29, 1.82) is 0 Å². The van der Waals surface area contributed by atoms with Gasteiger partial charge in [-0.15, -0.1) is 0 Å². The van der Waals surface area contributed by atoms with Crippen molar-refractivity contribution < 1.29 is 18.0 Å². The first-order valence-electron chi connectivity index (χ1n) is 6.90. The lowest BCUT2D eigenvalue weighted by Crippen LogP contribution is -2.26. The second-order valence-corrected chi connectivity index (χ2v) is 7.32. The average molecular weight is 309 g/mol. The minimum atomic E-state index is -3.37. The number of hydrogen-bond donors (Lipinski definition) is 1. The fraction of sp³-hybridized carbons (Fsp3) is 0.467. The Hall–Kier alpha value is -1.53. The molecule has 0 bridgehead atoms. The highest BCUT2D eigenvalue weighted by molar-refractivity contribution is 7.88. The number of nitrogens with one attached hydrogen (secondary N) is 1. The van der Waals surface area contributed by atoms with E-state index >= 15 is 0 Å². The fourth-order valence-electron chi connectivity index (χ4n) is 2.32. The van der Waals surface area contributed by atoms with E-state index in [9.17, 15) is 18.0 Å². The predicted molar refractivity (Wildman–Crippen MR) is 79.5 cm³/mol. The number of rotatable bonds is 7. The molecule has 1 atom stereocenters. The molecule has 6 heteroatoms. The van der Waals surface area contributed by atoms with E-state index in [1.807, 2.05) is 0 Å². The number of benzene rings is 1. The van der Waals surface area contributed by atoms with Gasteiger partial charge in [0.2, 0.25) is 10.0 Å². The quantitative estimate of drug-likeness (QED) is 0.615. The van der Waals surface area contributed by atoms with Gasteiger partial charge in [-0.2, -0.15) is 0 Å². The predicted octanol–water partition coefficient (Wildman–Crippen LogP) is 1.85. The van der Waals surface area contributed by atoms with Gasteiger partial charge >= 0.3 is 0 Å². The lowest BCUT2D eigenvalue weighted by atomic mass is 9.96. The van der Waals surface area contributed by atoms with Crippen LogP contribution in [0.3, 0.4) is 0 Å². The minimum Gasteiger partial charge on any atom is -0.299 e. The zero-order chi connectivity index (χ0) is 15.6. The van der Waals surface area contributed by atoms with Crippen LogP contribution in [-0.2, 0) is 14.8 Å². The van der Waals surface area contributed by atoms with Gasteiger partial charge in [0.25, 0.3) is 0 Å². The molecule has 1 aliphatic rings. The molecule has 2 rings (SSSR count). The smallest absolute Gasteiger partial charge is 0.209 e. The summed E-state index contributed by atoms with van der Waals surface area (Å²) in [5.74, 6) is -0.212. The number of sulfonamides is 1. The Kier molecular flexibility index (Phi) is 4.58. The third-order valence-electron chi connectivity index (χ3n) is 3.49. The second-order valence-electron chi connectivity index (χ2n) is 5.54. The van der Waals surface area contributed by atoms with Crippen LogP contribution in [-0.4, -0.2) is 26.2 Å². The first-order chi connectivity index (χ1) is 9.78. The van der Waals surface area contributed by atoms with E-state index in [0.717, 1.165) is 19.1 Å². The number of Topliss-reactive ketones (excluding diaryl/α,β-unsaturated/α-hetero) is 2. The van der Waals surface area contributed by atoms with Gasteiger partial charge in [-0.25, -0.2) is 13.1 Å². The second kappa shape index (κ2) is 6.07. The average Bonchev–Trinajstić information content (AvgIpc) is 3.20. The Morgan fingerprint density at radius 2 is 1.90 bits per heavy atom. The molecule has 0 aromatic heterocycles. The molecule has 1 saturated carbocycles. The molecule has 1 fully saturated rings. The maximum atomic E-state index is 12.3. The van der Waals surface area contributed by atoms with Crippen molar-refractivity contribution in [2.24, 2.45) is 5.92 Å². The Labute approximate surface area is 124 Å². The van der Waals surface area contributed by atoms with Crippen molar-refractivity contribution in [3.05, 3.63) is 35.4 Å². The molecule has 1 aromatic carbocycles. The minimum absolute atomic E-state index is 0.0153. The van der Waals surface area contributed by atoms with Crippen LogP contribution in [0, 0.1) is 5.92 Å². The SMILES string of the molecule is CC(NS(C)(=O)=O)c1ccccc1C(=O)CC(=O)C1CC1. The maximum absolute atomic E-state index is 12.3. The topological polar surface area (TPSA) is 80.3 Å². The molecule has 1 N–H and O–H groups in total. The summed E-state index contributed by atoms with van der Waals surface area (Å²) < 4.78 is 25.1. The Bertz CT molecular complexity index is 662. The highest BCUT2D eigenvalue weighted by Crippen LogP contribution is 2.31. The molecule has 1 aliphatic carbocycles. The summed E-state index contributed by atoms with van der Waals surface area (Å²) in [6.07, 6.45) is 2.72. The number of carbonyl (C=O) groups excluding carboxylic acids is 2. The van der Waals surface area contributed by atoms with Gasteiger partial charge in [-0.3, -0.25) is 9.59 Å². The van der Waals surface area contributed by atoms with Crippen LogP contribution in [0.4, 0.5) is 0 Å². The molecule has 0 heterocycles. The Morgan fingerprint density at radius 3 is 2.48 bits per heavy atom. The Morgan fingerprint density at radius 1 is 1.29 bits per heavy atom. The zero-order valence-electron chi connectivity index (χ0n) is 12.1. The molecular weight excluding hydrogens is 290 g/mol. The monoisotopic (exact) mass is 309 g/mol. The van der Waals surface area contributed by atoms with Gasteiger partial charge < -0.3 is 0 Å². The number of ketones is 2. The van der Waals surface area contributed by atoms with E-state index in [1.165, 1.54) is 0 Å². The van der Waals surface area contributed by atoms with Crippen LogP contribution < -0.4 is 4.72 Å². The summed E-state index contributed by atoms with van der Waals surface area (Å²) >= 11 is 0. The third kappa shape index (κ3) is 4.47. The van der Waals surface area contributed by atoms with Crippen molar-refractivity contribution in [2.45, 2.75) is 32.2 Å². The molecule has 0 amide bonds. The van der Waals surface area contributed by atoms with Crippen LogP contribution >= 0.6 is 0 Å². The summed E-state index contributed by atoms with van der Waals surface area (Å²) in [5, 5.41) is 0. The highest BCUT2D eigenvalue weighted by Gasteiger charge is 2.31. The van der Waals surface area contributed by atoms with Crippen LogP contribution in [0.15, 0.2) is 24.3 Å². The van der Waals surface area contributed by atoms with Crippen LogP contribution in [0.2, 0.25) is 0 Å². The van der Waals surface area contributed by atoms with E-state index < -0.39 is 16.1 Å². The van der Waals surface area contributed by atoms with E-state index in [-0.39, 0.29) is 23.9 Å². The van der Waals surface area contributed by atoms with Gasteiger partial charge in [-0.1, -0.05) is 24.3 Å². The first kappa shape index (κ1) is 15.9. The lowest BCUT2D eigenvalue weighted by molar-refractivity contribution is -0.119. The highest BCUT2D eigenvalue weighted by atomic mass is 32.2. The first-order valence-corrected chi connectivity index (χ1v) is 8.79. The van der Waals surface area contributed by atoms with Crippen molar-refractivity contribution in [1.82, 2.24) is 4.72 Å². The Balaban J connectivity index is 2.19. The summed E-state index contributed by atoms with van der Waals surface area (Å²) in [6, 6.07) is 6.28. The van der Waals surface area contributed by atoms with E-state index in [2.05, 4.69) is 4.72 Å². The van der Waals surface area contributed by atoms with Gasteiger partial charge in [0, 0.05) is 17.5 Å². The van der Waals surface area contributed by atoms with Gasteiger partial charge in [-0.05, 0) is 25.3 Å². The molecule has 114 valence electrons. The lowest BCUT2D eigenvalue weighted by Gasteiger charge is -2.16. The summed E-state index contributed by atoms with van der Waals surface area (Å²) in [5.41, 5.74) is 1.01. The molecule has 0 aliphatic heterocycles. The van der Waals surface area contributed by atoms with Gasteiger partial charge in [0.15, 0.2) is 5.78 Å². The van der Waals surface area contributed by atoms with Crippen LogP contribution in [0.5, 0.6) is 0 Å². The molecule has 0 spiro atoms. The molecule has 0 radical (unpaired) electrons. The van der Waals surface area contributed by atoms with Crippen molar-refractivity contribution in [2.75, 3.05) is 6.26 Å². The third-order valence-corrected chi connectivity index (χ3v) is 4.27. The molecule has 1 aromatic rings. The standard InChI is InChI=1S/C15H19NO4S/c1-10(16-21(2,19)20)12-5-3-4-6-13(12)15(18)9-14(17)11-7-8-11/h3-6,10-11,16H,7-9H2,1-2H3. The number of hydrogen-bond acceptors (Lipinski definition) is 4. The fourth-order valence-corrected chi connectivity index (χ4v) is 3.09. The summed E-state index contributed by atoms with van der Waals surface area (Å²) in [4.78, 5) is 24.0. The molecule has 21 heavy (non-hydrogen) atoms. The summed E-state index contributed by atoms with van der Waals surface area (Å²) in [7, 11) is -3.37. The van der Waals surface area contributed by atoms with Crippen LogP contribution in [0.1, 0.15) is 48.1 Å². The van der Waals surface area contributed by atoms with E-state index in [1.54, 1.807) is 31.2 Å². The van der Waals surface area contributed by atoms with E-state index in [4.69, 9.17) is 0 Å².